The van der Waals surface area contributed by atoms with Gasteiger partial charge in [0.2, 0.25) is 17.2 Å². The van der Waals surface area contributed by atoms with E-state index in [2.05, 4.69) is 25.6 Å². The molecular formula is C19H19Cl3N6O3. The highest BCUT2D eigenvalue weighted by molar-refractivity contribution is 6.35. The number of nitrogens with zero attached hydrogens (tertiary/aromatic N) is 4. The summed E-state index contributed by atoms with van der Waals surface area (Å²) in [5.41, 5.74) is 0.00422. The van der Waals surface area contributed by atoms with Crippen LogP contribution >= 0.6 is 34.8 Å². The number of halogens is 3. The van der Waals surface area contributed by atoms with E-state index in [-0.39, 0.29) is 11.0 Å². The third kappa shape index (κ3) is 8.05. The molecule has 0 aliphatic carbocycles. The second kappa shape index (κ2) is 12.1. The molecule has 0 atom stereocenters. The van der Waals surface area contributed by atoms with E-state index in [1.807, 2.05) is 13.8 Å². The molecule has 164 valence electrons. The number of hydrogen-bond donors (Lipinski definition) is 2. The molecular weight excluding hydrogens is 467 g/mol. The lowest BCUT2D eigenvalue weighted by Gasteiger charge is -2.07. The number of non-ortho nitro benzene ring substituents is 1. The van der Waals surface area contributed by atoms with Crippen molar-refractivity contribution in [1.29, 1.82) is 0 Å². The number of hydrogen-bond acceptors (Lipinski definition) is 8. The van der Waals surface area contributed by atoms with Crippen LogP contribution in [0.4, 0.5) is 17.6 Å². The largest absolute Gasteiger partial charge is 0.456 e. The molecule has 0 fully saturated rings. The predicted octanol–water partition coefficient (Wildman–Crippen LogP) is 6.08. The number of rotatable bonds is 7. The standard InChI is InChI=1S/C12H7Cl2NO3.C7H12ClN5/c13-8-1-6-12(11(14)7-8)18-10-4-2-9(3-5-10)15(16)17;1-3-9-6-11-5(8)12-7(13-6)10-4-2/h1-7H;3-4H2,1-2H3,(H2,9,10,11,12,13). The average Bonchev–Trinajstić information content (AvgIpc) is 2.71. The summed E-state index contributed by atoms with van der Waals surface area (Å²) >= 11 is 17.4. The summed E-state index contributed by atoms with van der Waals surface area (Å²) in [5, 5.41) is 17.5. The minimum absolute atomic E-state index is 0.00422. The van der Waals surface area contributed by atoms with Crippen LogP contribution in [0.5, 0.6) is 11.5 Å². The van der Waals surface area contributed by atoms with E-state index in [0.29, 0.717) is 33.4 Å². The highest BCUT2D eigenvalue weighted by Crippen LogP contribution is 2.32. The van der Waals surface area contributed by atoms with Gasteiger partial charge in [0.15, 0.2) is 0 Å². The molecule has 0 saturated heterocycles. The Hall–Kier alpha value is -2.88. The molecule has 0 unspecified atom stereocenters. The summed E-state index contributed by atoms with van der Waals surface area (Å²) < 4.78 is 5.49. The maximum absolute atomic E-state index is 10.5. The number of aromatic nitrogens is 3. The predicted molar refractivity (Wildman–Crippen MR) is 123 cm³/mol. The van der Waals surface area contributed by atoms with Crippen molar-refractivity contribution in [1.82, 2.24) is 15.0 Å². The molecule has 0 radical (unpaired) electrons. The third-order valence-electron chi connectivity index (χ3n) is 3.45. The number of ether oxygens (including phenoxy) is 1. The van der Waals surface area contributed by atoms with Crippen LogP contribution in [0.3, 0.4) is 0 Å². The lowest BCUT2D eigenvalue weighted by Crippen LogP contribution is -2.08. The Labute approximate surface area is 193 Å². The molecule has 3 aromatic rings. The van der Waals surface area contributed by atoms with Crippen LogP contribution < -0.4 is 15.4 Å². The van der Waals surface area contributed by atoms with E-state index >= 15 is 0 Å². The summed E-state index contributed by atoms with van der Waals surface area (Å²) in [4.78, 5) is 21.9. The fourth-order valence-corrected chi connectivity index (χ4v) is 2.75. The molecule has 31 heavy (non-hydrogen) atoms. The maximum atomic E-state index is 10.5. The van der Waals surface area contributed by atoms with Gasteiger partial charge in [0.05, 0.1) is 9.95 Å². The minimum atomic E-state index is -0.473. The molecule has 0 amide bonds. The van der Waals surface area contributed by atoms with Gasteiger partial charge in [-0.2, -0.15) is 15.0 Å². The quantitative estimate of drug-likeness (QED) is 0.305. The Balaban J connectivity index is 0.000000233. The van der Waals surface area contributed by atoms with Gasteiger partial charge in [0.1, 0.15) is 11.5 Å². The lowest BCUT2D eigenvalue weighted by molar-refractivity contribution is -0.384. The Bertz CT molecular complexity index is 997. The number of anilines is 2. The zero-order valence-corrected chi connectivity index (χ0v) is 18.9. The summed E-state index contributed by atoms with van der Waals surface area (Å²) in [6.07, 6.45) is 0. The van der Waals surface area contributed by atoms with Gasteiger partial charge in [-0.05, 0) is 55.8 Å². The van der Waals surface area contributed by atoms with Crippen molar-refractivity contribution in [2.24, 2.45) is 0 Å². The van der Waals surface area contributed by atoms with Gasteiger partial charge in [-0.1, -0.05) is 23.2 Å². The molecule has 0 aliphatic heterocycles. The first-order valence-electron chi connectivity index (χ1n) is 9.09. The van der Waals surface area contributed by atoms with E-state index in [9.17, 15) is 10.1 Å². The van der Waals surface area contributed by atoms with Crippen LogP contribution in [0.1, 0.15) is 13.8 Å². The number of nitrogens with one attached hydrogen (secondary N) is 2. The van der Waals surface area contributed by atoms with Crippen molar-refractivity contribution in [3.63, 3.8) is 0 Å². The van der Waals surface area contributed by atoms with Crippen LogP contribution in [0, 0.1) is 10.1 Å². The zero-order valence-electron chi connectivity index (χ0n) is 16.6. The van der Waals surface area contributed by atoms with Gasteiger partial charge >= 0.3 is 0 Å². The van der Waals surface area contributed by atoms with Crippen LogP contribution in [-0.2, 0) is 0 Å². The fourth-order valence-electron chi connectivity index (χ4n) is 2.15. The number of nitro benzene ring substituents is 1. The Morgan fingerprint density at radius 1 is 0.935 bits per heavy atom. The molecule has 2 aromatic carbocycles. The van der Waals surface area contributed by atoms with Gasteiger partial charge in [0, 0.05) is 30.2 Å². The molecule has 9 nitrogen and oxygen atoms in total. The van der Waals surface area contributed by atoms with Crippen molar-refractivity contribution in [2.45, 2.75) is 13.8 Å². The van der Waals surface area contributed by atoms with Crippen LogP contribution in [0.15, 0.2) is 42.5 Å². The first kappa shape index (κ1) is 24.4. The molecule has 0 saturated carbocycles. The molecule has 3 rings (SSSR count). The van der Waals surface area contributed by atoms with Gasteiger partial charge in [-0.3, -0.25) is 10.1 Å². The van der Waals surface area contributed by atoms with E-state index < -0.39 is 4.92 Å². The van der Waals surface area contributed by atoms with Crippen LogP contribution in [0.2, 0.25) is 15.3 Å². The summed E-state index contributed by atoms with van der Waals surface area (Å²) in [6, 6.07) is 10.6. The van der Waals surface area contributed by atoms with Crippen molar-refractivity contribution < 1.29 is 9.66 Å². The van der Waals surface area contributed by atoms with E-state index in [4.69, 9.17) is 39.5 Å². The summed E-state index contributed by atoms with van der Waals surface area (Å²) in [5.74, 6) is 1.90. The van der Waals surface area contributed by atoms with Gasteiger partial charge in [-0.15, -0.1) is 0 Å². The highest BCUT2D eigenvalue weighted by atomic mass is 35.5. The summed E-state index contributed by atoms with van der Waals surface area (Å²) in [6.45, 7) is 5.44. The van der Waals surface area contributed by atoms with E-state index in [1.54, 1.807) is 18.2 Å². The van der Waals surface area contributed by atoms with Gasteiger partial charge < -0.3 is 15.4 Å². The van der Waals surface area contributed by atoms with Crippen LogP contribution in [0.25, 0.3) is 0 Å². The van der Waals surface area contributed by atoms with Crippen molar-refractivity contribution in [2.75, 3.05) is 23.7 Å². The first-order valence-corrected chi connectivity index (χ1v) is 10.2. The molecule has 0 bridgehead atoms. The van der Waals surface area contributed by atoms with Crippen LogP contribution in [-0.4, -0.2) is 33.0 Å². The van der Waals surface area contributed by atoms with E-state index in [1.165, 1.54) is 24.3 Å². The number of nitro groups is 1. The first-order chi connectivity index (χ1) is 14.8. The Morgan fingerprint density at radius 2 is 1.52 bits per heavy atom. The SMILES string of the molecule is CCNc1nc(Cl)nc(NCC)n1.O=[N+]([O-])c1ccc(Oc2ccc(Cl)cc2Cl)cc1. The zero-order chi connectivity index (χ0) is 22.8. The van der Waals surface area contributed by atoms with Gasteiger partial charge in [-0.25, -0.2) is 0 Å². The topological polar surface area (TPSA) is 115 Å². The van der Waals surface area contributed by atoms with E-state index in [0.717, 1.165) is 13.1 Å². The molecule has 1 heterocycles. The lowest BCUT2D eigenvalue weighted by atomic mass is 10.3. The normalized spacial score (nSPS) is 9.97. The summed E-state index contributed by atoms with van der Waals surface area (Å²) in [7, 11) is 0. The maximum Gasteiger partial charge on any atom is 0.269 e. The molecule has 2 N–H and O–H groups in total. The average molecular weight is 486 g/mol. The third-order valence-corrected chi connectivity index (χ3v) is 4.15. The molecule has 1 aromatic heterocycles. The Morgan fingerprint density at radius 3 is 2.00 bits per heavy atom. The highest BCUT2D eigenvalue weighted by Gasteiger charge is 2.07. The Kier molecular flexibility index (Phi) is 9.51. The molecule has 0 aliphatic rings. The second-order valence-corrected chi connectivity index (χ2v) is 6.92. The number of benzene rings is 2. The monoisotopic (exact) mass is 484 g/mol. The smallest absolute Gasteiger partial charge is 0.269 e. The molecule has 12 heteroatoms. The fraction of sp³-hybridized carbons (Fsp3) is 0.211. The van der Waals surface area contributed by atoms with Crippen molar-refractivity contribution >= 4 is 52.4 Å². The van der Waals surface area contributed by atoms with Crippen molar-refractivity contribution in [3.05, 3.63) is 67.9 Å². The molecule has 0 spiro atoms. The van der Waals surface area contributed by atoms with Crippen molar-refractivity contribution in [3.8, 4) is 11.5 Å². The minimum Gasteiger partial charge on any atom is -0.456 e. The second-order valence-electron chi connectivity index (χ2n) is 5.74. The van der Waals surface area contributed by atoms with Gasteiger partial charge in [0.25, 0.3) is 5.69 Å².